The Morgan fingerprint density at radius 1 is 1.13 bits per heavy atom. The molecule has 164 valence electrons. The maximum Gasteiger partial charge on any atom is 0.295 e. The summed E-state index contributed by atoms with van der Waals surface area (Å²) >= 11 is 0. The van der Waals surface area contributed by atoms with Gasteiger partial charge < -0.3 is 19.5 Å². The molecule has 0 aliphatic carbocycles. The summed E-state index contributed by atoms with van der Waals surface area (Å²) in [5.74, 6) is -2.00. The van der Waals surface area contributed by atoms with E-state index in [4.69, 9.17) is 9.47 Å². The molecule has 3 rings (SSSR count). The molecule has 0 radical (unpaired) electrons. The highest BCUT2D eigenvalue weighted by Gasteiger charge is 2.46. The smallest absolute Gasteiger partial charge is 0.295 e. The van der Waals surface area contributed by atoms with Gasteiger partial charge in [0.05, 0.1) is 18.2 Å². The molecule has 1 atom stereocenters. The third-order valence-electron chi connectivity index (χ3n) is 5.07. The Morgan fingerprint density at radius 3 is 2.61 bits per heavy atom. The summed E-state index contributed by atoms with van der Waals surface area (Å²) in [4.78, 5) is 27.0. The summed E-state index contributed by atoms with van der Waals surface area (Å²) in [5, 5.41) is 11.0. The number of carbonyl (C=O) groups is 2. The van der Waals surface area contributed by atoms with Crippen LogP contribution in [-0.4, -0.2) is 48.6 Å². The zero-order valence-electron chi connectivity index (χ0n) is 17.6. The number of ketones is 1. The number of benzene rings is 2. The lowest BCUT2D eigenvalue weighted by atomic mass is 9.95. The van der Waals surface area contributed by atoms with E-state index < -0.39 is 23.5 Å². The van der Waals surface area contributed by atoms with Crippen molar-refractivity contribution in [3.8, 4) is 5.75 Å². The topological polar surface area (TPSA) is 76.1 Å². The highest BCUT2D eigenvalue weighted by molar-refractivity contribution is 6.46. The van der Waals surface area contributed by atoms with Crippen molar-refractivity contribution in [1.29, 1.82) is 0 Å². The van der Waals surface area contributed by atoms with E-state index in [9.17, 15) is 19.1 Å². The molecule has 2 aromatic carbocycles. The van der Waals surface area contributed by atoms with Gasteiger partial charge in [0, 0.05) is 31.4 Å². The minimum absolute atomic E-state index is 0.139. The first kappa shape index (κ1) is 22.5. The van der Waals surface area contributed by atoms with Crippen LogP contribution in [0.3, 0.4) is 0 Å². The van der Waals surface area contributed by atoms with Crippen molar-refractivity contribution in [2.75, 3.05) is 26.9 Å². The Balaban J connectivity index is 2.10. The first-order valence-corrected chi connectivity index (χ1v) is 10.2. The van der Waals surface area contributed by atoms with E-state index in [0.717, 1.165) is 6.42 Å². The quantitative estimate of drug-likeness (QED) is 0.283. The van der Waals surface area contributed by atoms with Gasteiger partial charge in [-0.05, 0) is 31.0 Å². The Morgan fingerprint density at radius 2 is 1.90 bits per heavy atom. The molecule has 0 aromatic heterocycles. The Bertz CT molecular complexity index is 987. The number of aliphatic hydroxyl groups is 1. The lowest BCUT2D eigenvalue weighted by Gasteiger charge is -2.25. The van der Waals surface area contributed by atoms with Crippen molar-refractivity contribution in [3.63, 3.8) is 0 Å². The van der Waals surface area contributed by atoms with Crippen LogP contribution >= 0.6 is 0 Å². The zero-order chi connectivity index (χ0) is 22.4. The fourth-order valence-electron chi connectivity index (χ4n) is 3.62. The summed E-state index contributed by atoms with van der Waals surface area (Å²) in [5.41, 5.74) is 0.337. The predicted octanol–water partition coefficient (Wildman–Crippen LogP) is 4.07. The molecule has 1 saturated heterocycles. The lowest BCUT2D eigenvalue weighted by molar-refractivity contribution is -0.140. The van der Waals surface area contributed by atoms with Gasteiger partial charge in [-0.1, -0.05) is 37.3 Å². The number of hydrogen-bond acceptors (Lipinski definition) is 5. The van der Waals surface area contributed by atoms with Crippen molar-refractivity contribution < 1.29 is 28.6 Å². The van der Waals surface area contributed by atoms with Crippen molar-refractivity contribution in [2.24, 2.45) is 0 Å². The second kappa shape index (κ2) is 10.2. The van der Waals surface area contributed by atoms with Gasteiger partial charge in [0.15, 0.2) is 0 Å². The second-order valence-corrected chi connectivity index (χ2v) is 7.24. The number of nitrogens with zero attached hydrogens (tertiary/aromatic N) is 1. The first-order chi connectivity index (χ1) is 15.0. The highest BCUT2D eigenvalue weighted by Crippen LogP contribution is 2.40. The van der Waals surface area contributed by atoms with E-state index in [1.165, 1.54) is 30.2 Å². The monoisotopic (exact) mass is 427 g/mol. The molecule has 2 aromatic rings. The summed E-state index contributed by atoms with van der Waals surface area (Å²) in [6.07, 6.45) is 1.28. The second-order valence-electron chi connectivity index (χ2n) is 7.24. The summed E-state index contributed by atoms with van der Waals surface area (Å²) < 4.78 is 25.4. The van der Waals surface area contributed by atoms with Crippen LogP contribution in [0.4, 0.5) is 4.39 Å². The van der Waals surface area contributed by atoms with E-state index in [2.05, 4.69) is 0 Å². The number of amides is 1. The van der Waals surface area contributed by atoms with Crippen LogP contribution in [0.25, 0.3) is 5.76 Å². The normalized spacial score (nSPS) is 17.9. The van der Waals surface area contributed by atoms with Gasteiger partial charge in [0.1, 0.15) is 17.3 Å². The number of carbonyl (C=O) groups excluding carboxylic acids is 2. The Hall–Kier alpha value is -3.19. The largest absolute Gasteiger partial charge is 0.507 e. The number of rotatable bonds is 9. The summed E-state index contributed by atoms with van der Waals surface area (Å²) in [7, 11) is 1.54. The molecular weight excluding hydrogens is 401 g/mol. The first-order valence-electron chi connectivity index (χ1n) is 10.2. The molecule has 1 unspecified atom stereocenters. The van der Waals surface area contributed by atoms with Crippen LogP contribution < -0.4 is 4.74 Å². The van der Waals surface area contributed by atoms with Crippen LogP contribution in [0.1, 0.15) is 36.9 Å². The van der Waals surface area contributed by atoms with E-state index in [1.54, 1.807) is 30.3 Å². The minimum Gasteiger partial charge on any atom is -0.507 e. The van der Waals surface area contributed by atoms with Crippen molar-refractivity contribution in [3.05, 3.63) is 71.0 Å². The summed E-state index contributed by atoms with van der Waals surface area (Å²) in [6, 6.07) is 11.6. The third-order valence-corrected chi connectivity index (χ3v) is 5.07. The van der Waals surface area contributed by atoms with Gasteiger partial charge in [-0.15, -0.1) is 0 Å². The lowest BCUT2D eigenvalue weighted by Crippen LogP contribution is -2.31. The fourth-order valence-corrected chi connectivity index (χ4v) is 3.62. The average Bonchev–Trinajstić information content (AvgIpc) is 3.02. The maximum atomic E-state index is 14.7. The molecule has 7 heteroatoms. The third kappa shape index (κ3) is 4.77. The molecule has 1 aliphatic heterocycles. The Labute approximate surface area is 180 Å². The highest BCUT2D eigenvalue weighted by atomic mass is 19.1. The molecule has 0 spiro atoms. The molecule has 1 heterocycles. The van der Waals surface area contributed by atoms with Crippen LogP contribution in [0.5, 0.6) is 5.75 Å². The maximum absolute atomic E-state index is 14.7. The van der Waals surface area contributed by atoms with Gasteiger partial charge in [0.25, 0.3) is 11.7 Å². The number of Topliss-reactive ketones (excluding diaryl/α,β-unsaturated/α-hetero) is 1. The number of likely N-dealkylation sites (tertiary alicyclic amines) is 1. The van der Waals surface area contributed by atoms with E-state index in [-0.39, 0.29) is 23.4 Å². The molecule has 0 saturated carbocycles. The molecule has 1 aliphatic rings. The number of hydrogen-bond donors (Lipinski definition) is 1. The van der Waals surface area contributed by atoms with Crippen LogP contribution in [-0.2, 0) is 14.3 Å². The van der Waals surface area contributed by atoms with Gasteiger partial charge in [-0.25, -0.2) is 4.39 Å². The zero-order valence-corrected chi connectivity index (χ0v) is 17.6. The molecule has 6 nitrogen and oxygen atoms in total. The van der Waals surface area contributed by atoms with Gasteiger partial charge in [0.2, 0.25) is 0 Å². The molecular formula is C24H26FNO5. The standard InChI is InChI=1S/C24H26FNO5/c1-3-13-31-17-9-6-8-16(15-17)22(27)20-21(18-10-4-5-11-19(18)25)26(12-7-14-30-2)24(29)23(20)28/h4-6,8-11,15,21,27H,3,7,12-14H2,1-2H3/b22-20+. The van der Waals surface area contributed by atoms with Crippen LogP contribution in [0.15, 0.2) is 54.1 Å². The van der Waals surface area contributed by atoms with Gasteiger partial charge in [-0.3, -0.25) is 9.59 Å². The molecule has 1 N–H and O–H groups in total. The number of methoxy groups -OCH3 is 1. The molecule has 1 fully saturated rings. The SMILES string of the molecule is CCCOc1cccc(/C(O)=C2\C(=O)C(=O)N(CCCOC)C2c2ccccc2F)c1. The molecule has 0 bridgehead atoms. The van der Waals surface area contributed by atoms with Crippen molar-refractivity contribution >= 4 is 17.4 Å². The van der Waals surface area contributed by atoms with E-state index in [1.807, 2.05) is 6.92 Å². The minimum atomic E-state index is -1.03. The van der Waals surface area contributed by atoms with Crippen molar-refractivity contribution in [1.82, 2.24) is 4.90 Å². The van der Waals surface area contributed by atoms with Crippen LogP contribution in [0.2, 0.25) is 0 Å². The fraction of sp³-hybridized carbons (Fsp3) is 0.333. The van der Waals surface area contributed by atoms with Gasteiger partial charge in [-0.2, -0.15) is 0 Å². The van der Waals surface area contributed by atoms with Crippen LogP contribution in [0, 0.1) is 5.82 Å². The molecule has 1 amide bonds. The van der Waals surface area contributed by atoms with E-state index >= 15 is 0 Å². The predicted molar refractivity (Wildman–Crippen MR) is 114 cm³/mol. The van der Waals surface area contributed by atoms with Gasteiger partial charge >= 0.3 is 0 Å². The number of aliphatic hydroxyl groups excluding tert-OH is 1. The van der Waals surface area contributed by atoms with Crippen molar-refractivity contribution in [2.45, 2.75) is 25.8 Å². The van der Waals surface area contributed by atoms with E-state index in [0.29, 0.717) is 30.9 Å². The number of halogens is 1. The molecule has 31 heavy (non-hydrogen) atoms. The summed E-state index contributed by atoms with van der Waals surface area (Å²) in [6.45, 7) is 3.05. The number of ether oxygens (including phenoxy) is 2. The Kier molecular flexibility index (Phi) is 7.41. The average molecular weight is 427 g/mol.